The molecule has 0 aromatic rings. The molecule has 0 aliphatic rings. The minimum atomic E-state index is -10.5. The number of alkyl halides is 37. The predicted molar refractivity (Wildman–Crippen MR) is 108 cm³/mol. The number of halogens is 37. The second-order valence-corrected chi connectivity index (χ2v) is 13.7. The number of hydrogen-bond acceptors (Lipinski definition) is 3. The summed E-state index contributed by atoms with van der Waals surface area (Å²) in [5, 5.41) is 11.6. The molecule has 0 unspecified atom stereocenters. The number of rotatable bonds is 17. The van der Waals surface area contributed by atoms with E-state index in [4.69, 9.17) is 0 Å². The lowest BCUT2D eigenvalue weighted by atomic mass is 9.82. The topological polar surface area (TPSA) is 78.1 Å². The molecule has 0 atom stereocenters. The van der Waals surface area contributed by atoms with Gasteiger partial charge < -0.3 is 16.2 Å². The molecule has 0 radical (unpaired) electrons. The summed E-state index contributed by atoms with van der Waals surface area (Å²) in [6.07, 6.45) is -8.47. The van der Waals surface area contributed by atoms with E-state index in [2.05, 4.69) is 16.2 Å². The molecule has 0 aromatic heterocycles. The van der Waals surface area contributed by atoms with Gasteiger partial charge in [-0.05, 0) is 0 Å². The highest BCUT2D eigenvalue weighted by Gasteiger charge is 3.03. The third kappa shape index (κ3) is 6.25. The van der Waals surface area contributed by atoms with E-state index in [9.17, 15) is 162 Å². The summed E-state index contributed by atoms with van der Waals surface area (Å²) < 4.78 is 502. The number of hydrogen-bond donors (Lipinski definition) is 3. The van der Waals surface area contributed by atoms with Crippen LogP contribution >= 0.6 is 0 Å². The molecule has 0 bridgehead atoms. The van der Waals surface area contributed by atoms with E-state index >= 15 is 0 Å². The summed E-state index contributed by atoms with van der Waals surface area (Å²) in [6.45, 7) is 0. The van der Waals surface area contributed by atoms with Gasteiger partial charge in [0.15, 0.2) is 0 Å². The molecule has 0 amide bonds. The van der Waals surface area contributed by atoms with Crippen molar-refractivity contribution >= 4 is 8.56 Å². The van der Waals surface area contributed by atoms with Crippen LogP contribution in [0, 0.1) is 0 Å². The Kier molecular flexibility index (Phi) is 12.7. The summed E-state index contributed by atoms with van der Waals surface area (Å²) in [6, 6.07) is 0. The van der Waals surface area contributed by atoms with Crippen molar-refractivity contribution in [2.45, 2.75) is 106 Å². The molecule has 0 saturated carbocycles. The van der Waals surface area contributed by atoms with E-state index < -0.39 is 115 Å². The van der Waals surface area contributed by atoms with Crippen LogP contribution in [-0.4, -0.2) is 115 Å². The van der Waals surface area contributed by atoms with Gasteiger partial charge in [0.05, 0.1) is 0 Å². The molecule has 0 heterocycles. The number of nitrogens with two attached hydrogens (primary N) is 3. The highest BCUT2D eigenvalue weighted by Crippen LogP contribution is 2.70. The summed E-state index contributed by atoms with van der Waals surface area (Å²) in [5.41, 5.74) is -7.56. The second kappa shape index (κ2) is 13.3. The fourth-order valence-corrected chi connectivity index (χ4v) is 4.11. The molecule has 6 N–H and O–H groups in total. The van der Waals surface area contributed by atoms with Crippen molar-refractivity contribution < 1.29 is 162 Å². The molecular formula is C18H6F37N3Si. The molecule has 0 rings (SSSR count). The fraction of sp³-hybridized carbons (Fsp3) is 1.00. The first-order valence-electron chi connectivity index (χ1n) is 12.4. The maximum Gasteiger partial charge on any atom is 0.460 e. The fourth-order valence-electron chi connectivity index (χ4n) is 3.41. The minimum absolute atomic E-state index is 3.87. The molecule has 0 aliphatic carbocycles. The van der Waals surface area contributed by atoms with Crippen LogP contribution < -0.4 is 16.2 Å². The van der Waals surface area contributed by atoms with Crippen molar-refractivity contribution in [2.24, 2.45) is 16.2 Å². The average Bonchev–Trinajstić information content (AvgIpc) is 2.98. The van der Waals surface area contributed by atoms with Crippen LogP contribution in [0.3, 0.4) is 0 Å². The van der Waals surface area contributed by atoms with Gasteiger partial charge in [-0.15, -0.1) is 0 Å². The lowest BCUT2D eigenvalue weighted by Crippen LogP contribution is -2.85. The Morgan fingerprint density at radius 2 is 0.271 bits per heavy atom. The smallest absolute Gasteiger partial charge is 0.323 e. The zero-order valence-electron chi connectivity index (χ0n) is 25.2. The van der Waals surface area contributed by atoms with Crippen LogP contribution in [-0.2, 0) is 0 Å². The first-order valence-corrected chi connectivity index (χ1v) is 14.6. The highest BCUT2D eigenvalue weighted by atomic mass is 28.4. The van der Waals surface area contributed by atoms with Gasteiger partial charge >= 0.3 is 115 Å². The Labute approximate surface area is 295 Å². The Balaban J connectivity index is 7.92. The first-order chi connectivity index (χ1) is 24.5. The normalized spacial score (nSPS) is 17.5. The van der Waals surface area contributed by atoms with Crippen molar-refractivity contribution in [3.8, 4) is 0 Å². The zero-order valence-corrected chi connectivity index (χ0v) is 26.2. The van der Waals surface area contributed by atoms with Crippen molar-refractivity contribution in [2.75, 3.05) is 0 Å². The molecule has 0 fully saturated rings. The van der Waals surface area contributed by atoms with Crippen molar-refractivity contribution in [1.29, 1.82) is 0 Å². The third-order valence-corrected chi connectivity index (χ3v) is 8.61. The SMILES string of the molecule is N[Si](N)(N)C(F)(F)C(F)(F)C(F)(F)C(F)(F)C(F)(F)C(F)(F)C(F)(F)C(F)(F)C(F)(F)C(F)(F)C(F)(F)C(F)(F)C(F)(F)C(F)(F)C(F)(F)C(F)(F)C(F)(F)C(F)(F)F. The molecule has 0 aromatic carbocycles. The predicted octanol–water partition coefficient (Wildman–Crippen LogP) is 9.70. The van der Waals surface area contributed by atoms with Crippen molar-refractivity contribution in [3.05, 3.63) is 0 Å². The molecule has 0 saturated heterocycles. The van der Waals surface area contributed by atoms with E-state index in [1.807, 2.05) is 0 Å². The van der Waals surface area contributed by atoms with Gasteiger partial charge in [-0.1, -0.05) is 0 Å². The van der Waals surface area contributed by atoms with E-state index in [0.29, 0.717) is 0 Å². The van der Waals surface area contributed by atoms with Crippen LogP contribution in [0.15, 0.2) is 0 Å². The van der Waals surface area contributed by atoms with Gasteiger partial charge in [0.1, 0.15) is 0 Å². The van der Waals surface area contributed by atoms with Gasteiger partial charge in [-0.2, -0.15) is 162 Å². The zero-order chi connectivity index (χ0) is 49.5. The van der Waals surface area contributed by atoms with E-state index in [1.165, 1.54) is 0 Å². The molecule has 59 heavy (non-hydrogen) atoms. The second-order valence-electron chi connectivity index (χ2n) is 11.2. The minimum Gasteiger partial charge on any atom is -0.323 e. The molecule has 41 heteroatoms. The van der Waals surface area contributed by atoms with Crippen LogP contribution in [0.4, 0.5) is 162 Å². The van der Waals surface area contributed by atoms with Crippen LogP contribution in [0.25, 0.3) is 0 Å². The monoisotopic (exact) mass is 995 g/mol. The Morgan fingerprint density at radius 1 is 0.169 bits per heavy atom. The van der Waals surface area contributed by atoms with Gasteiger partial charge in [0.2, 0.25) is 0 Å². The summed E-state index contributed by atoms with van der Waals surface area (Å²) in [7, 11) is -7.19. The summed E-state index contributed by atoms with van der Waals surface area (Å²) in [5.74, 6) is -159. The largest absolute Gasteiger partial charge is 0.460 e. The molecule has 0 spiro atoms. The van der Waals surface area contributed by atoms with Crippen molar-refractivity contribution in [1.82, 2.24) is 0 Å². The summed E-state index contributed by atoms with van der Waals surface area (Å²) >= 11 is 0. The van der Waals surface area contributed by atoms with Gasteiger partial charge in [-0.3, -0.25) is 0 Å². The maximum absolute atomic E-state index is 13.9. The highest BCUT2D eigenvalue weighted by molar-refractivity contribution is 6.73. The van der Waals surface area contributed by atoms with E-state index in [1.54, 1.807) is 0 Å². The van der Waals surface area contributed by atoms with Crippen LogP contribution in [0.5, 0.6) is 0 Å². The van der Waals surface area contributed by atoms with Gasteiger partial charge in [0.25, 0.3) is 0 Å². The average molecular weight is 995 g/mol. The van der Waals surface area contributed by atoms with E-state index in [0.717, 1.165) is 0 Å². The summed E-state index contributed by atoms with van der Waals surface area (Å²) in [4.78, 5) is 0. The Morgan fingerprint density at radius 3 is 0.373 bits per heavy atom. The van der Waals surface area contributed by atoms with Gasteiger partial charge in [0, 0.05) is 0 Å². The quantitative estimate of drug-likeness (QED) is 0.100. The molecule has 356 valence electrons. The third-order valence-electron chi connectivity index (χ3n) is 7.21. The van der Waals surface area contributed by atoms with Gasteiger partial charge in [-0.25, -0.2) is 0 Å². The molecule has 3 nitrogen and oxygen atoms in total. The lowest BCUT2D eigenvalue weighted by molar-refractivity contribution is -0.493. The van der Waals surface area contributed by atoms with E-state index in [-0.39, 0.29) is 0 Å². The first kappa shape index (κ1) is 56.5. The van der Waals surface area contributed by atoms with Crippen LogP contribution in [0.1, 0.15) is 0 Å². The molecule has 0 aliphatic heterocycles. The standard InChI is InChI=1S/C18H6F37N3Si/c19-1(20,3(23,24)5(27,28)7(31,32)9(35,36)11(39,40)13(43,44)15(47,48)17(51,52)53)2(21,22)4(25,26)6(29,30)8(33,34)10(37,38)12(41,42)14(45,46)16(49,50)18(54,55)59(56,57)58/h56-58H2. The molecular weight excluding hydrogens is 989 g/mol. The Bertz CT molecular complexity index is 1430. The lowest BCUT2D eigenvalue weighted by Gasteiger charge is -2.47. The van der Waals surface area contributed by atoms with Crippen LogP contribution in [0.2, 0.25) is 0 Å². The maximum atomic E-state index is 13.9. The van der Waals surface area contributed by atoms with Crippen molar-refractivity contribution in [3.63, 3.8) is 0 Å². The Hall–Kier alpha value is -2.49.